The van der Waals surface area contributed by atoms with Gasteiger partial charge in [-0.1, -0.05) is 6.07 Å². The number of rotatable bonds is 5. The van der Waals surface area contributed by atoms with Crippen molar-refractivity contribution in [1.82, 2.24) is 15.0 Å². The van der Waals surface area contributed by atoms with Crippen LogP contribution < -0.4 is 0 Å². The first-order chi connectivity index (χ1) is 8.77. The summed E-state index contributed by atoms with van der Waals surface area (Å²) in [7, 11) is 0. The molecule has 0 amide bonds. The van der Waals surface area contributed by atoms with Gasteiger partial charge in [0.1, 0.15) is 17.7 Å². The van der Waals surface area contributed by atoms with Gasteiger partial charge in [0.25, 0.3) is 0 Å². The van der Waals surface area contributed by atoms with Crippen LogP contribution in [0.25, 0.3) is 0 Å². The highest BCUT2D eigenvalue weighted by molar-refractivity contribution is 6.00. The lowest BCUT2D eigenvalue weighted by atomic mass is 10.1. The molecule has 0 atom stereocenters. The van der Waals surface area contributed by atoms with Crippen molar-refractivity contribution in [1.29, 1.82) is 0 Å². The Hall–Kier alpha value is -2.43. The summed E-state index contributed by atoms with van der Waals surface area (Å²) >= 11 is 0. The molecule has 0 aliphatic heterocycles. The van der Waals surface area contributed by atoms with Crippen molar-refractivity contribution in [2.24, 2.45) is 0 Å². The van der Waals surface area contributed by atoms with Gasteiger partial charge < -0.3 is 0 Å². The van der Waals surface area contributed by atoms with Crippen LogP contribution in [0.1, 0.15) is 33.8 Å². The van der Waals surface area contributed by atoms with Crippen LogP contribution in [0.15, 0.2) is 43.0 Å². The Morgan fingerprint density at radius 3 is 2.17 bits per heavy atom. The molecule has 0 unspecified atom stereocenters. The quantitative estimate of drug-likeness (QED) is 0.745. The summed E-state index contributed by atoms with van der Waals surface area (Å²) < 4.78 is 0. The van der Waals surface area contributed by atoms with Crippen LogP contribution in [0.5, 0.6) is 0 Å². The molecule has 0 aliphatic carbocycles. The average molecular weight is 241 g/mol. The molecule has 18 heavy (non-hydrogen) atoms. The second kappa shape index (κ2) is 5.77. The number of carbonyl (C=O) groups is 2. The summed E-state index contributed by atoms with van der Waals surface area (Å²) in [5.41, 5.74) is 0.715. The normalized spacial score (nSPS) is 10.0. The third-order valence-electron chi connectivity index (χ3n) is 2.40. The SMILES string of the molecule is O=C(CCC(=O)c1ccncn1)c1ccccn1. The molecule has 0 aliphatic rings. The number of carbonyl (C=O) groups excluding carboxylic acids is 2. The smallest absolute Gasteiger partial charge is 0.181 e. The van der Waals surface area contributed by atoms with Crippen molar-refractivity contribution in [3.8, 4) is 0 Å². The van der Waals surface area contributed by atoms with E-state index in [0.717, 1.165) is 0 Å². The molecular weight excluding hydrogens is 230 g/mol. The van der Waals surface area contributed by atoms with Gasteiger partial charge in [0.15, 0.2) is 11.6 Å². The van der Waals surface area contributed by atoms with E-state index >= 15 is 0 Å². The molecule has 0 spiro atoms. The molecule has 0 bridgehead atoms. The Morgan fingerprint density at radius 1 is 0.889 bits per heavy atom. The lowest BCUT2D eigenvalue weighted by Gasteiger charge is -1.99. The molecule has 90 valence electrons. The Morgan fingerprint density at radius 2 is 1.61 bits per heavy atom. The van der Waals surface area contributed by atoms with Gasteiger partial charge in [-0.2, -0.15) is 0 Å². The summed E-state index contributed by atoms with van der Waals surface area (Å²) in [6, 6.07) is 6.65. The van der Waals surface area contributed by atoms with E-state index in [1.165, 1.54) is 18.6 Å². The lowest BCUT2D eigenvalue weighted by Crippen LogP contribution is -2.07. The molecule has 0 saturated heterocycles. The second-order valence-electron chi connectivity index (χ2n) is 3.66. The van der Waals surface area contributed by atoms with Crippen LogP contribution in [0.2, 0.25) is 0 Å². The molecule has 0 N–H and O–H groups in total. The van der Waals surface area contributed by atoms with Gasteiger partial charge in [-0.3, -0.25) is 14.6 Å². The summed E-state index contributed by atoms with van der Waals surface area (Å²) in [4.78, 5) is 35.0. The topological polar surface area (TPSA) is 72.8 Å². The standard InChI is InChI=1S/C13H11N3O2/c17-12(10-3-1-2-7-15-10)4-5-13(18)11-6-8-14-9-16-11/h1-3,6-9H,4-5H2. The van der Waals surface area contributed by atoms with Gasteiger partial charge in [0.05, 0.1) is 0 Å². The first kappa shape index (κ1) is 12.0. The monoisotopic (exact) mass is 241 g/mol. The Labute approximate surface area is 104 Å². The minimum atomic E-state index is -0.165. The lowest BCUT2D eigenvalue weighted by molar-refractivity contribution is 0.0912. The number of aromatic nitrogens is 3. The summed E-state index contributed by atoms with van der Waals surface area (Å²) in [5, 5.41) is 0. The zero-order chi connectivity index (χ0) is 12.8. The zero-order valence-corrected chi connectivity index (χ0v) is 9.61. The zero-order valence-electron chi connectivity index (χ0n) is 9.61. The van der Waals surface area contributed by atoms with Gasteiger partial charge >= 0.3 is 0 Å². The molecule has 2 heterocycles. The number of hydrogen-bond acceptors (Lipinski definition) is 5. The van der Waals surface area contributed by atoms with Crippen molar-refractivity contribution in [3.05, 3.63) is 54.4 Å². The fourth-order valence-corrected chi connectivity index (χ4v) is 1.47. The van der Waals surface area contributed by atoms with Crippen molar-refractivity contribution < 1.29 is 9.59 Å². The maximum atomic E-state index is 11.7. The van der Waals surface area contributed by atoms with E-state index in [0.29, 0.717) is 11.4 Å². The van der Waals surface area contributed by atoms with Crippen molar-refractivity contribution in [2.75, 3.05) is 0 Å². The molecular formula is C13H11N3O2. The minimum absolute atomic E-state index is 0.131. The van der Waals surface area contributed by atoms with E-state index in [2.05, 4.69) is 15.0 Å². The Kier molecular flexibility index (Phi) is 3.86. The van der Waals surface area contributed by atoms with E-state index in [-0.39, 0.29) is 24.4 Å². The van der Waals surface area contributed by atoms with Gasteiger partial charge in [0.2, 0.25) is 0 Å². The third kappa shape index (κ3) is 3.04. The maximum absolute atomic E-state index is 11.7. The number of hydrogen-bond donors (Lipinski definition) is 0. The molecule has 0 aromatic carbocycles. The fourth-order valence-electron chi connectivity index (χ4n) is 1.47. The van der Waals surface area contributed by atoms with E-state index in [1.54, 1.807) is 24.4 Å². The van der Waals surface area contributed by atoms with Crippen molar-refractivity contribution in [3.63, 3.8) is 0 Å². The first-order valence-corrected chi connectivity index (χ1v) is 5.51. The predicted octanol–water partition coefficient (Wildman–Crippen LogP) is 1.72. The summed E-state index contributed by atoms with van der Waals surface area (Å²) in [6.07, 6.45) is 4.64. The van der Waals surface area contributed by atoms with Crippen LogP contribution in [0.3, 0.4) is 0 Å². The van der Waals surface area contributed by atoms with E-state index < -0.39 is 0 Å². The maximum Gasteiger partial charge on any atom is 0.181 e. The highest BCUT2D eigenvalue weighted by Crippen LogP contribution is 2.05. The number of ketones is 2. The van der Waals surface area contributed by atoms with Gasteiger partial charge in [-0.25, -0.2) is 9.97 Å². The molecule has 0 radical (unpaired) electrons. The van der Waals surface area contributed by atoms with Gasteiger partial charge in [-0.05, 0) is 18.2 Å². The molecule has 5 nitrogen and oxygen atoms in total. The van der Waals surface area contributed by atoms with Crippen LogP contribution in [0.4, 0.5) is 0 Å². The Bertz CT molecular complexity index is 489. The fraction of sp³-hybridized carbons (Fsp3) is 0.154. The van der Waals surface area contributed by atoms with Gasteiger partial charge in [-0.15, -0.1) is 0 Å². The highest BCUT2D eigenvalue weighted by Gasteiger charge is 2.12. The minimum Gasteiger partial charge on any atom is -0.292 e. The van der Waals surface area contributed by atoms with Gasteiger partial charge in [0, 0.05) is 25.2 Å². The molecule has 0 fully saturated rings. The predicted molar refractivity (Wildman–Crippen MR) is 64.2 cm³/mol. The average Bonchev–Trinajstić information content (AvgIpc) is 2.46. The molecule has 2 aromatic rings. The van der Waals surface area contributed by atoms with Crippen LogP contribution in [-0.4, -0.2) is 26.5 Å². The molecule has 2 rings (SSSR count). The Balaban J connectivity index is 1.93. The molecule has 2 aromatic heterocycles. The highest BCUT2D eigenvalue weighted by atomic mass is 16.1. The van der Waals surface area contributed by atoms with E-state index in [4.69, 9.17) is 0 Å². The second-order valence-corrected chi connectivity index (χ2v) is 3.66. The first-order valence-electron chi connectivity index (χ1n) is 5.51. The number of pyridine rings is 1. The molecule has 0 saturated carbocycles. The van der Waals surface area contributed by atoms with Crippen LogP contribution in [0, 0.1) is 0 Å². The number of nitrogens with zero attached hydrogens (tertiary/aromatic N) is 3. The third-order valence-corrected chi connectivity index (χ3v) is 2.40. The molecule has 5 heteroatoms. The largest absolute Gasteiger partial charge is 0.292 e. The summed E-state index contributed by atoms with van der Waals surface area (Å²) in [5.74, 6) is -0.306. The number of Topliss-reactive ketones (excluding diaryl/α,β-unsaturated/α-hetero) is 2. The van der Waals surface area contributed by atoms with Crippen LogP contribution >= 0.6 is 0 Å². The van der Waals surface area contributed by atoms with E-state index in [9.17, 15) is 9.59 Å². The summed E-state index contributed by atoms with van der Waals surface area (Å²) in [6.45, 7) is 0. The van der Waals surface area contributed by atoms with Crippen molar-refractivity contribution in [2.45, 2.75) is 12.8 Å². The van der Waals surface area contributed by atoms with Crippen LogP contribution in [-0.2, 0) is 0 Å². The van der Waals surface area contributed by atoms with Crippen molar-refractivity contribution >= 4 is 11.6 Å². The van der Waals surface area contributed by atoms with E-state index in [1.807, 2.05) is 0 Å².